The fourth-order valence-corrected chi connectivity index (χ4v) is 4.20. The number of ether oxygens (including phenoxy) is 3. The molecule has 0 saturated heterocycles. The molecule has 0 amide bonds. The van der Waals surface area contributed by atoms with Crippen molar-refractivity contribution in [3.8, 4) is 11.5 Å². The van der Waals surface area contributed by atoms with Crippen molar-refractivity contribution >= 4 is 5.71 Å². The molecular formula is C28H37NO4. The van der Waals surface area contributed by atoms with Crippen LogP contribution in [0.4, 0.5) is 0 Å². The molecule has 178 valence electrons. The molecule has 0 spiro atoms. The average Bonchev–Trinajstić information content (AvgIpc) is 2.81. The van der Waals surface area contributed by atoms with E-state index in [1.165, 1.54) is 12.8 Å². The summed E-state index contributed by atoms with van der Waals surface area (Å²) < 4.78 is 18.7. The molecular weight excluding hydrogens is 414 g/mol. The minimum Gasteiger partial charge on any atom is -0.490 e. The van der Waals surface area contributed by atoms with Crippen molar-refractivity contribution in [2.75, 3.05) is 13.7 Å². The lowest BCUT2D eigenvalue weighted by Crippen LogP contribution is -2.37. The van der Waals surface area contributed by atoms with Crippen LogP contribution in [0.2, 0.25) is 0 Å². The maximum absolute atomic E-state index is 6.55. The van der Waals surface area contributed by atoms with Crippen molar-refractivity contribution in [1.29, 1.82) is 0 Å². The van der Waals surface area contributed by atoms with Gasteiger partial charge in [-0.2, -0.15) is 0 Å². The molecule has 0 N–H and O–H groups in total. The molecule has 1 aliphatic carbocycles. The van der Waals surface area contributed by atoms with E-state index in [9.17, 15) is 0 Å². The van der Waals surface area contributed by atoms with Gasteiger partial charge < -0.3 is 19.0 Å². The molecule has 2 unspecified atom stereocenters. The second-order valence-electron chi connectivity index (χ2n) is 8.61. The molecule has 5 nitrogen and oxygen atoms in total. The van der Waals surface area contributed by atoms with Crippen LogP contribution in [0.1, 0.15) is 61.8 Å². The zero-order valence-electron chi connectivity index (χ0n) is 20.6. The minimum absolute atomic E-state index is 0.0568. The van der Waals surface area contributed by atoms with Crippen molar-refractivity contribution in [3.63, 3.8) is 0 Å². The van der Waals surface area contributed by atoms with Crippen LogP contribution in [-0.2, 0) is 16.2 Å². The van der Waals surface area contributed by atoms with Gasteiger partial charge in [0.15, 0.2) is 0 Å². The maximum Gasteiger partial charge on any atom is 0.125 e. The van der Waals surface area contributed by atoms with Gasteiger partial charge in [0.2, 0.25) is 0 Å². The van der Waals surface area contributed by atoms with Crippen LogP contribution in [0.25, 0.3) is 0 Å². The number of hydrogen-bond donors (Lipinski definition) is 0. The van der Waals surface area contributed by atoms with Crippen molar-refractivity contribution < 1.29 is 19.0 Å². The number of rotatable bonds is 10. The number of hydrogen-bond acceptors (Lipinski definition) is 5. The van der Waals surface area contributed by atoms with E-state index >= 15 is 0 Å². The highest BCUT2D eigenvalue weighted by Gasteiger charge is 2.28. The molecule has 0 bridgehead atoms. The Balaban J connectivity index is 1.63. The topological polar surface area (TPSA) is 49.3 Å². The van der Waals surface area contributed by atoms with Crippen molar-refractivity contribution in [2.24, 2.45) is 5.16 Å². The number of oxime groups is 1. The quantitative estimate of drug-likeness (QED) is 0.234. The van der Waals surface area contributed by atoms with Crippen LogP contribution >= 0.6 is 0 Å². The molecule has 2 aromatic rings. The highest BCUT2D eigenvalue weighted by atomic mass is 16.6. The van der Waals surface area contributed by atoms with E-state index in [-0.39, 0.29) is 12.2 Å². The molecule has 33 heavy (non-hydrogen) atoms. The van der Waals surface area contributed by atoms with E-state index in [1.54, 1.807) is 7.11 Å². The average molecular weight is 452 g/mol. The van der Waals surface area contributed by atoms with Gasteiger partial charge in [0.05, 0.1) is 18.4 Å². The predicted octanol–water partition coefficient (Wildman–Crippen LogP) is 6.54. The van der Waals surface area contributed by atoms with Gasteiger partial charge in [0, 0.05) is 0 Å². The molecule has 3 rings (SSSR count). The smallest absolute Gasteiger partial charge is 0.125 e. The van der Waals surface area contributed by atoms with E-state index in [1.807, 2.05) is 26.0 Å². The zero-order chi connectivity index (χ0) is 23.6. The third-order valence-electron chi connectivity index (χ3n) is 5.99. The summed E-state index contributed by atoms with van der Waals surface area (Å²) in [4.78, 5) is 4.86. The van der Waals surface area contributed by atoms with Crippen LogP contribution in [0.5, 0.6) is 11.5 Å². The molecule has 1 saturated carbocycles. The van der Waals surface area contributed by atoms with Gasteiger partial charge >= 0.3 is 0 Å². The molecule has 0 aromatic heterocycles. The van der Waals surface area contributed by atoms with Crippen LogP contribution in [0.3, 0.4) is 0 Å². The lowest BCUT2D eigenvalue weighted by Gasteiger charge is -2.33. The monoisotopic (exact) mass is 451 g/mol. The van der Waals surface area contributed by atoms with Crippen molar-refractivity contribution in [1.82, 2.24) is 0 Å². The van der Waals surface area contributed by atoms with Gasteiger partial charge in [0.1, 0.15) is 31.3 Å². The number of benzene rings is 2. The maximum atomic E-state index is 6.55. The summed E-state index contributed by atoms with van der Waals surface area (Å²) in [5.41, 5.74) is 5.23. The summed E-state index contributed by atoms with van der Waals surface area (Å²) in [7, 11) is 1.56. The fourth-order valence-electron chi connectivity index (χ4n) is 4.20. The Morgan fingerprint density at radius 1 is 1.03 bits per heavy atom. The zero-order valence-corrected chi connectivity index (χ0v) is 20.6. The van der Waals surface area contributed by atoms with Gasteiger partial charge in [-0.05, 0) is 81.3 Å². The molecule has 5 heteroatoms. The first kappa shape index (κ1) is 24.8. The van der Waals surface area contributed by atoms with Crippen LogP contribution in [-0.4, -0.2) is 31.6 Å². The SMILES string of the molecule is C/C=C/COc1cc(C)c(OC2CCCCC2OCc2ccc(C(C)=NOC)cc2)c(C)c1. The Morgan fingerprint density at radius 2 is 1.70 bits per heavy atom. The fraction of sp³-hybridized carbons (Fsp3) is 0.464. The van der Waals surface area contributed by atoms with Crippen molar-refractivity contribution in [3.05, 3.63) is 70.8 Å². The molecule has 0 aliphatic heterocycles. The predicted molar refractivity (Wildman–Crippen MR) is 133 cm³/mol. The summed E-state index contributed by atoms with van der Waals surface area (Å²) in [6, 6.07) is 12.4. The first-order valence-corrected chi connectivity index (χ1v) is 11.8. The first-order valence-electron chi connectivity index (χ1n) is 11.8. The first-order chi connectivity index (χ1) is 16.0. The third-order valence-corrected chi connectivity index (χ3v) is 5.99. The lowest BCUT2D eigenvalue weighted by atomic mass is 9.94. The van der Waals surface area contributed by atoms with Gasteiger partial charge in [-0.3, -0.25) is 0 Å². The van der Waals surface area contributed by atoms with Gasteiger partial charge in [0.25, 0.3) is 0 Å². The Hall–Kier alpha value is -2.79. The normalized spacial score (nSPS) is 19.0. The third kappa shape index (κ3) is 7.10. The van der Waals surface area contributed by atoms with Crippen molar-refractivity contribution in [2.45, 2.75) is 72.2 Å². The largest absolute Gasteiger partial charge is 0.490 e. The number of aryl methyl sites for hydroxylation is 2. The number of nitrogens with zero attached hydrogens (tertiary/aromatic N) is 1. The van der Waals surface area contributed by atoms with E-state index in [0.717, 1.165) is 52.3 Å². The number of allylic oxidation sites excluding steroid dienone is 1. The summed E-state index contributed by atoms with van der Waals surface area (Å²) in [6.07, 6.45) is 8.50. The highest BCUT2D eigenvalue weighted by Crippen LogP contribution is 2.33. The van der Waals surface area contributed by atoms with E-state index in [2.05, 4.69) is 55.4 Å². The molecule has 1 aliphatic rings. The van der Waals surface area contributed by atoms with Gasteiger partial charge in [-0.1, -0.05) is 48.0 Å². The standard InChI is InChI=1S/C28H37NO4/c1-6-7-16-31-25-17-20(2)28(21(3)18-25)33-27-11-9-8-10-26(27)32-19-23-12-14-24(15-13-23)22(4)29-30-5/h6-7,12-15,17-18,26-27H,8-11,16,19H2,1-5H3/b7-6+,29-22?. The summed E-state index contributed by atoms with van der Waals surface area (Å²) in [5.74, 6) is 1.83. The summed E-state index contributed by atoms with van der Waals surface area (Å²) in [6.45, 7) is 9.24. The Kier molecular flexibility index (Phi) is 9.37. The second kappa shape index (κ2) is 12.4. The van der Waals surface area contributed by atoms with Crippen LogP contribution < -0.4 is 9.47 Å². The molecule has 2 atom stereocenters. The Bertz CT molecular complexity index is 926. The van der Waals surface area contributed by atoms with Gasteiger partial charge in [-0.15, -0.1) is 0 Å². The Morgan fingerprint density at radius 3 is 2.33 bits per heavy atom. The summed E-state index contributed by atoms with van der Waals surface area (Å²) >= 11 is 0. The van der Waals surface area contributed by atoms with Crippen LogP contribution in [0.15, 0.2) is 53.7 Å². The second-order valence-corrected chi connectivity index (χ2v) is 8.61. The molecule has 1 fully saturated rings. The van der Waals surface area contributed by atoms with E-state index in [4.69, 9.17) is 19.0 Å². The molecule has 0 heterocycles. The van der Waals surface area contributed by atoms with E-state index < -0.39 is 0 Å². The van der Waals surface area contributed by atoms with Crippen LogP contribution in [0, 0.1) is 13.8 Å². The Labute approximate surface area is 198 Å². The highest BCUT2D eigenvalue weighted by molar-refractivity contribution is 5.98. The lowest BCUT2D eigenvalue weighted by molar-refractivity contribution is -0.0558. The van der Waals surface area contributed by atoms with E-state index in [0.29, 0.717) is 13.2 Å². The van der Waals surface area contributed by atoms with Gasteiger partial charge in [-0.25, -0.2) is 0 Å². The summed E-state index contributed by atoms with van der Waals surface area (Å²) in [5, 5.41) is 3.99. The molecule has 2 aromatic carbocycles. The minimum atomic E-state index is 0.0568. The molecule has 0 radical (unpaired) electrons.